The Kier molecular flexibility index (Phi) is 11.5. The van der Waals surface area contributed by atoms with Crippen molar-refractivity contribution in [2.24, 2.45) is 5.92 Å². The predicted molar refractivity (Wildman–Crippen MR) is 234 cm³/mol. The number of imide groups is 1. The summed E-state index contributed by atoms with van der Waals surface area (Å²) >= 11 is 0. The van der Waals surface area contributed by atoms with Crippen molar-refractivity contribution in [1.29, 1.82) is 0 Å². The van der Waals surface area contributed by atoms with Gasteiger partial charge in [0.15, 0.2) is 5.82 Å². The van der Waals surface area contributed by atoms with E-state index in [9.17, 15) is 19.5 Å². The Labute approximate surface area is 359 Å². The Balaban J connectivity index is 0.777. The quantitative estimate of drug-likeness (QED) is 0.161. The van der Waals surface area contributed by atoms with Crippen LogP contribution in [-0.2, 0) is 16.0 Å². The van der Waals surface area contributed by atoms with Crippen molar-refractivity contribution in [2.75, 3.05) is 68.0 Å². The van der Waals surface area contributed by atoms with Crippen molar-refractivity contribution in [3.05, 3.63) is 89.7 Å². The number of nitrogen functional groups attached to an aromatic ring is 1. The van der Waals surface area contributed by atoms with E-state index in [1.807, 2.05) is 58.1 Å². The molecule has 0 saturated carbocycles. The fourth-order valence-electron chi connectivity index (χ4n) is 9.56. The summed E-state index contributed by atoms with van der Waals surface area (Å²) in [5.74, 6) is 0.509. The normalized spacial score (nSPS) is 22.9. The van der Waals surface area contributed by atoms with Gasteiger partial charge in [-0.15, -0.1) is 10.2 Å². The zero-order chi connectivity index (χ0) is 43.1. The molecule has 9 rings (SSSR count). The van der Waals surface area contributed by atoms with Crippen LogP contribution in [0.25, 0.3) is 22.3 Å². The van der Waals surface area contributed by atoms with E-state index in [0.717, 1.165) is 54.6 Å². The maximum atomic E-state index is 16.1. The number of para-hydroxylation sites is 1. The van der Waals surface area contributed by atoms with Crippen LogP contribution in [0.4, 0.5) is 26.4 Å². The third-order valence-electron chi connectivity index (χ3n) is 13.1. The van der Waals surface area contributed by atoms with E-state index in [0.29, 0.717) is 85.6 Å². The van der Waals surface area contributed by atoms with Crippen LogP contribution in [0.3, 0.4) is 0 Å². The third-order valence-corrected chi connectivity index (χ3v) is 13.1. The highest BCUT2D eigenvalue weighted by molar-refractivity contribution is 6.06. The molecule has 4 aliphatic rings. The second kappa shape index (κ2) is 17.3. The number of hydrogen-bond donors (Lipinski definition) is 3. The Morgan fingerprint density at radius 2 is 1.79 bits per heavy atom. The van der Waals surface area contributed by atoms with Gasteiger partial charge >= 0.3 is 6.03 Å². The molecule has 7 heterocycles. The average molecular weight is 845 g/mol. The zero-order valence-electron chi connectivity index (χ0n) is 35.1. The van der Waals surface area contributed by atoms with Crippen LogP contribution in [-0.4, -0.2) is 117 Å². The van der Waals surface area contributed by atoms with Crippen molar-refractivity contribution < 1.29 is 28.6 Å². The number of halogens is 1. The molecule has 4 atom stereocenters. The van der Waals surface area contributed by atoms with E-state index in [2.05, 4.69) is 39.2 Å². The number of alkyl halides is 1. The molecule has 16 heteroatoms. The van der Waals surface area contributed by atoms with Crippen LogP contribution in [0.2, 0.25) is 0 Å². The topological polar surface area (TPSA) is 175 Å². The molecule has 4 amide bonds. The van der Waals surface area contributed by atoms with Gasteiger partial charge in [0, 0.05) is 81.0 Å². The lowest BCUT2D eigenvalue weighted by Crippen LogP contribution is -2.49. The van der Waals surface area contributed by atoms with Crippen molar-refractivity contribution in [3.8, 4) is 17.0 Å². The summed E-state index contributed by atoms with van der Waals surface area (Å²) in [7, 11) is 0. The number of nitrogens with zero attached hydrogens (tertiary/aromatic N) is 8. The van der Waals surface area contributed by atoms with Gasteiger partial charge < -0.3 is 34.8 Å². The number of anilines is 3. The number of nitrogens with one attached hydrogen (secondary N) is 1. The summed E-state index contributed by atoms with van der Waals surface area (Å²) in [5.41, 5.74) is 12.1. The Morgan fingerprint density at radius 3 is 2.53 bits per heavy atom. The number of morpholine rings is 1. The average Bonchev–Trinajstić information content (AvgIpc) is 3.65. The lowest BCUT2D eigenvalue weighted by atomic mass is 9.93. The van der Waals surface area contributed by atoms with Crippen LogP contribution in [0.15, 0.2) is 73.1 Å². The van der Waals surface area contributed by atoms with Crippen molar-refractivity contribution in [1.82, 2.24) is 34.9 Å². The van der Waals surface area contributed by atoms with Crippen LogP contribution < -0.4 is 20.9 Å². The monoisotopic (exact) mass is 844 g/mol. The summed E-state index contributed by atoms with van der Waals surface area (Å²) in [5, 5.41) is 22.1. The van der Waals surface area contributed by atoms with Gasteiger partial charge in [0.1, 0.15) is 23.7 Å². The van der Waals surface area contributed by atoms with Gasteiger partial charge in [-0.2, -0.15) is 0 Å². The molecule has 62 heavy (non-hydrogen) atoms. The van der Waals surface area contributed by atoms with Crippen LogP contribution in [0.5, 0.6) is 5.75 Å². The molecular formula is C46H53FN10O5. The Morgan fingerprint density at radius 1 is 1.00 bits per heavy atom. The minimum atomic E-state index is -1.08. The number of aromatic nitrogens is 4. The number of phenols is 1. The maximum absolute atomic E-state index is 16.1. The molecule has 324 valence electrons. The minimum absolute atomic E-state index is 0.00667. The first-order valence-corrected chi connectivity index (χ1v) is 21.7. The molecule has 5 aromatic rings. The van der Waals surface area contributed by atoms with Crippen molar-refractivity contribution in [3.63, 3.8) is 0 Å². The molecule has 2 aromatic carbocycles. The van der Waals surface area contributed by atoms with Gasteiger partial charge in [-0.05, 0) is 86.1 Å². The number of likely N-dealkylation sites (tertiary alicyclic amines) is 2. The smallest absolute Gasteiger partial charge is 0.328 e. The number of piperidine rings is 2. The minimum Gasteiger partial charge on any atom is -0.507 e. The molecule has 0 spiro atoms. The summed E-state index contributed by atoms with van der Waals surface area (Å²) in [4.78, 5) is 50.4. The third kappa shape index (κ3) is 8.16. The number of benzene rings is 2. The molecule has 0 bridgehead atoms. The number of phenolic OH excluding ortho intramolecular Hbond substituents is 1. The highest BCUT2D eigenvalue weighted by Crippen LogP contribution is 2.37. The first-order chi connectivity index (χ1) is 30.0. The largest absolute Gasteiger partial charge is 0.507 e. The van der Waals surface area contributed by atoms with Crippen LogP contribution in [0.1, 0.15) is 73.2 Å². The highest BCUT2D eigenvalue weighted by Gasteiger charge is 2.35. The number of amides is 4. The number of aryl methyl sites for hydroxylation is 1. The molecule has 0 aliphatic carbocycles. The number of hydrogen-bond acceptors (Lipinski definition) is 11. The lowest BCUT2D eigenvalue weighted by molar-refractivity contribution is -0.120. The van der Waals surface area contributed by atoms with Crippen LogP contribution in [0, 0.1) is 5.92 Å². The number of ether oxygens (including phenoxy) is 1. The van der Waals surface area contributed by atoms with Gasteiger partial charge in [-0.1, -0.05) is 31.2 Å². The van der Waals surface area contributed by atoms with Crippen LogP contribution >= 0.6 is 0 Å². The molecule has 4 saturated heterocycles. The van der Waals surface area contributed by atoms with Gasteiger partial charge in [0.2, 0.25) is 5.91 Å². The van der Waals surface area contributed by atoms with Gasteiger partial charge in [-0.25, -0.2) is 14.2 Å². The lowest BCUT2D eigenvalue weighted by Gasteiger charge is -2.40. The van der Waals surface area contributed by atoms with E-state index in [4.69, 9.17) is 15.5 Å². The fourth-order valence-corrected chi connectivity index (χ4v) is 9.56. The molecule has 3 aromatic heterocycles. The number of nitrogens with two attached hydrogens (primary N) is 1. The van der Waals surface area contributed by atoms with Gasteiger partial charge in [0.05, 0.1) is 35.9 Å². The van der Waals surface area contributed by atoms with Gasteiger partial charge in [-0.3, -0.25) is 19.8 Å². The second-order valence-electron chi connectivity index (χ2n) is 17.1. The number of pyridine rings is 1. The van der Waals surface area contributed by atoms with E-state index < -0.39 is 12.2 Å². The number of aromatic hydroxyl groups is 1. The number of carbonyl (C=O) groups is 3. The zero-order valence-corrected chi connectivity index (χ0v) is 35.1. The molecule has 4 aliphatic heterocycles. The summed E-state index contributed by atoms with van der Waals surface area (Å²) in [6.07, 6.45) is 5.66. The number of carbonyl (C=O) groups excluding carboxylic acids is 3. The Hall–Kier alpha value is -6.13. The summed E-state index contributed by atoms with van der Waals surface area (Å²) < 4.78 is 24.3. The van der Waals surface area contributed by atoms with Gasteiger partial charge in [0.25, 0.3) is 5.91 Å². The summed E-state index contributed by atoms with van der Waals surface area (Å²) in [6, 6.07) is 17.7. The van der Waals surface area contributed by atoms with E-state index in [1.165, 1.54) is 4.90 Å². The van der Waals surface area contributed by atoms with E-state index in [-0.39, 0.29) is 42.2 Å². The molecule has 0 radical (unpaired) electrons. The number of rotatable bonds is 9. The number of fused-ring (bicyclic) bond motifs is 1. The predicted octanol–water partition coefficient (Wildman–Crippen LogP) is 5.89. The SMILES string of the molecule is CCc1cn([C@H]2CCN(CC3CCN(C(=O)c4ccc([C@@H]5CN(c6cc(-c7ccccc7O)nnc6N)[C@H](C)CO5)cc4)CC3)C[C@H]2F)c2ncc(N3CCC(=O)NC3=O)cc12. The molecule has 4 N–H and O–H groups in total. The summed E-state index contributed by atoms with van der Waals surface area (Å²) in [6.45, 7) is 8.62. The molecule has 15 nitrogen and oxygen atoms in total. The molecular weight excluding hydrogens is 792 g/mol. The second-order valence-corrected chi connectivity index (χ2v) is 17.1. The first kappa shape index (κ1) is 41.2. The fraction of sp³-hybridized carbons (Fsp3) is 0.435. The standard InChI is InChI=1S/C46H53FN10O5/c1-3-30-24-57(44-35(30)20-33(22-49-44)55-19-15-42(59)50-46(55)61)38-14-16-53(25-36(38)47)23-29-12-17-54(18-13-29)45(60)32-10-8-31(9-11-32)41-26-56(28(2)27-62-41)39-21-37(51-52-43(39)48)34-6-4-5-7-40(34)58/h4-11,20-22,24,28-29,36,38,41,58H,3,12-19,23,25-27H2,1-2H3,(H2,48,52)(H,50,59,61)/t28-,36-,38+,41+/m1/s1. The van der Waals surface area contributed by atoms with Crippen molar-refractivity contribution >= 4 is 46.1 Å². The Bertz CT molecular complexity index is 2470. The first-order valence-electron chi connectivity index (χ1n) is 21.7. The van der Waals surface area contributed by atoms with E-state index in [1.54, 1.807) is 24.4 Å². The number of urea groups is 1. The maximum Gasteiger partial charge on any atom is 0.328 e. The van der Waals surface area contributed by atoms with E-state index >= 15 is 4.39 Å². The molecule has 4 fully saturated rings. The van der Waals surface area contributed by atoms with Crippen molar-refractivity contribution in [2.45, 2.75) is 70.3 Å². The molecule has 0 unspecified atom stereocenters. The highest BCUT2D eigenvalue weighted by atomic mass is 19.1.